The van der Waals surface area contributed by atoms with Gasteiger partial charge in [-0.3, -0.25) is 9.78 Å². The zero-order valence-electron chi connectivity index (χ0n) is 17.3. The summed E-state index contributed by atoms with van der Waals surface area (Å²) in [5.74, 6) is 0.844. The standard InChI is InChI=1S/C22H21N7O2/c1-14-5-6-18(29-24-9-10-25-29)17(12-14)22(30)28-11-3-4-19(28)21-26-20(27-31-21)16-7-8-23-15(2)13-16/h5-10,12-13,19H,3-4,11H2,1-2H3/t19-/m0/s1. The molecule has 1 aromatic carbocycles. The normalized spacial score (nSPS) is 16.1. The van der Waals surface area contributed by atoms with Gasteiger partial charge in [-0.2, -0.15) is 20.0 Å². The molecule has 1 saturated heterocycles. The van der Waals surface area contributed by atoms with Crippen LogP contribution in [0.25, 0.3) is 17.1 Å². The van der Waals surface area contributed by atoms with Crippen molar-refractivity contribution >= 4 is 5.91 Å². The number of pyridine rings is 1. The first-order valence-corrected chi connectivity index (χ1v) is 10.1. The van der Waals surface area contributed by atoms with Crippen LogP contribution in [-0.2, 0) is 0 Å². The van der Waals surface area contributed by atoms with E-state index in [0.717, 1.165) is 29.7 Å². The topological polar surface area (TPSA) is 103 Å². The maximum absolute atomic E-state index is 13.6. The number of aryl methyl sites for hydroxylation is 2. The Hall–Kier alpha value is -3.88. The number of amides is 1. The predicted octanol–water partition coefficient (Wildman–Crippen LogP) is 3.31. The van der Waals surface area contributed by atoms with Gasteiger partial charge in [-0.05, 0) is 51.0 Å². The van der Waals surface area contributed by atoms with Gasteiger partial charge in [-0.25, -0.2) is 0 Å². The average molecular weight is 415 g/mol. The largest absolute Gasteiger partial charge is 0.337 e. The lowest BCUT2D eigenvalue weighted by Gasteiger charge is -2.23. The molecule has 9 heteroatoms. The molecule has 0 spiro atoms. The Morgan fingerprint density at radius 1 is 1.10 bits per heavy atom. The Balaban J connectivity index is 1.47. The first-order valence-electron chi connectivity index (χ1n) is 10.1. The van der Waals surface area contributed by atoms with Crippen molar-refractivity contribution in [1.29, 1.82) is 0 Å². The molecule has 0 bridgehead atoms. The number of rotatable bonds is 4. The fraction of sp³-hybridized carbons (Fsp3) is 0.273. The molecular weight excluding hydrogens is 394 g/mol. The predicted molar refractivity (Wildman–Crippen MR) is 111 cm³/mol. The summed E-state index contributed by atoms with van der Waals surface area (Å²) in [5, 5.41) is 12.5. The van der Waals surface area contributed by atoms with E-state index in [-0.39, 0.29) is 11.9 Å². The minimum absolute atomic E-state index is 0.0991. The van der Waals surface area contributed by atoms with Gasteiger partial charge in [-0.1, -0.05) is 16.8 Å². The lowest BCUT2D eigenvalue weighted by molar-refractivity contribution is 0.0709. The summed E-state index contributed by atoms with van der Waals surface area (Å²) in [7, 11) is 0. The number of hydrogen-bond donors (Lipinski definition) is 0. The lowest BCUT2D eigenvalue weighted by Crippen LogP contribution is -2.31. The third kappa shape index (κ3) is 3.58. The Kier molecular flexibility index (Phi) is 4.78. The summed E-state index contributed by atoms with van der Waals surface area (Å²) in [6.45, 7) is 4.49. The number of carbonyl (C=O) groups excluding carboxylic acids is 1. The smallest absolute Gasteiger partial charge is 0.256 e. The van der Waals surface area contributed by atoms with Gasteiger partial charge in [0.05, 0.1) is 23.6 Å². The first kappa shape index (κ1) is 19.1. The summed E-state index contributed by atoms with van der Waals surface area (Å²) >= 11 is 0. The molecule has 31 heavy (non-hydrogen) atoms. The van der Waals surface area contributed by atoms with Gasteiger partial charge >= 0.3 is 0 Å². The van der Waals surface area contributed by atoms with Crippen LogP contribution in [0.1, 0.15) is 46.4 Å². The Morgan fingerprint density at radius 3 is 2.74 bits per heavy atom. The van der Waals surface area contributed by atoms with Crippen molar-refractivity contribution in [2.24, 2.45) is 0 Å². The number of aromatic nitrogens is 6. The fourth-order valence-corrected chi connectivity index (χ4v) is 3.93. The van der Waals surface area contributed by atoms with E-state index >= 15 is 0 Å². The second-order valence-electron chi connectivity index (χ2n) is 7.64. The van der Waals surface area contributed by atoms with E-state index in [2.05, 4.69) is 25.3 Å². The SMILES string of the molecule is Cc1ccc(-n2nccn2)c(C(=O)N2CCC[C@H]2c2nc(-c3ccnc(C)c3)no2)c1. The van der Waals surface area contributed by atoms with E-state index in [1.54, 1.807) is 23.5 Å². The molecule has 4 heterocycles. The lowest BCUT2D eigenvalue weighted by atomic mass is 10.1. The van der Waals surface area contributed by atoms with Gasteiger partial charge in [0.1, 0.15) is 6.04 Å². The molecule has 3 aromatic heterocycles. The van der Waals surface area contributed by atoms with E-state index in [1.165, 1.54) is 4.80 Å². The molecule has 1 atom stereocenters. The Morgan fingerprint density at radius 2 is 1.94 bits per heavy atom. The van der Waals surface area contributed by atoms with Crippen molar-refractivity contribution in [3.63, 3.8) is 0 Å². The highest BCUT2D eigenvalue weighted by molar-refractivity contribution is 5.98. The molecule has 0 saturated carbocycles. The third-order valence-electron chi connectivity index (χ3n) is 5.41. The molecule has 5 rings (SSSR count). The van der Waals surface area contributed by atoms with Crippen molar-refractivity contribution < 1.29 is 9.32 Å². The molecule has 0 aliphatic carbocycles. The zero-order valence-corrected chi connectivity index (χ0v) is 17.3. The zero-order chi connectivity index (χ0) is 21.4. The molecule has 4 aromatic rings. The molecule has 1 amide bonds. The Labute approximate surface area is 178 Å². The third-order valence-corrected chi connectivity index (χ3v) is 5.41. The second kappa shape index (κ2) is 7.75. The van der Waals surface area contributed by atoms with E-state index in [9.17, 15) is 4.79 Å². The summed E-state index contributed by atoms with van der Waals surface area (Å²) in [5.41, 5.74) is 3.89. The van der Waals surface area contributed by atoms with Crippen LogP contribution in [0.4, 0.5) is 0 Å². The van der Waals surface area contributed by atoms with Crippen molar-refractivity contribution in [3.8, 4) is 17.1 Å². The average Bonchev–Trinajstić information content (AvgIpc) is 3.54. The van der Waals surface area contributed by atoms with Crippen LogP contribution in [0.15, 0.2) is 53.4 Å². The van der Waals surface area contributed by atoms with Crippen LogP contribution in [-0.4, -0.2) is 47.5 Å². The summed E-state index contributed by atoms with van der Waals surface area (Å²) in [4.78, 5) is 25.6. The van der Waals surface area contributed by atoms with Gasteiger partial charge < -0.3 is 9.42 Å². The maximum Gasteiger partial charge on any atom is 0.256 e. The molecule has 1 aliphatic rings. The summed E-state index contributed by atoms with van der Waals surface area (Å²) < 4.78 is 5.58. The van der Waals surface area contributed by atoms with Crippen LogP contribution in [0.3, 0.4) is 0 Å². The highest BCUT2D eigenvalue weighted by atomic mass is 16.5. The number of likely N-dealkylation sites (tertiary alicyclic amines) is 1. The van der Waals surface area contributed by atoms with Crippen LogP contribution < -0.4 is 0 Å². The molecule has 1 fully saturated rings. The highest BCUT2D eigenvalue weighted by Gasteiger charge is 2.35. The van der Waals surface area contributed by atoms with Crippen LogP contribution >= 0.6 is 0 Å². The van der Waals surface area contributed by atoms with Crippen molar-refractivity contribution in [1.82, 2.24) is 35.0 Å². The van der Waals surface area contributed by atoms with Crippen LogP contribution in [0.5, 0.6) is 0 Å². The summed E-state index contributed by atoms with van der Waals surface area (Å²) in [6, 6.07) is 9.16. The molecular formula is C22H21N7O2. The van der Waals surface area contributed by atoms with Crippen molar-refractivity contribution in [2.45, 2.75) is 32.7 Å². The van der Waals surface area contributed by atoms with Crippen molar-refractivity contribution in [3.05, 3.63) is 71.6 Å². The molecule has 1 aliphatic heterocycles. The maximum atomic E-state index is 13.6. The highest BCUT2D eigenvalue weighted by Crippen LogP contribution is 2.34. The quantitative estimate of drug-likeness (QED) is 0.504. The van der Waals surface area contributed by atoms with E-state index in [0.29, 0.717) is 29.5 Å². The fourth-order valence-electron chi connectivity index (χ4n) is 3.93. The molecule has 9 nitrogen and oxygen atoms in total. The Bertz CT molecular complexity index is 1230. The minimum atomic E-state index is -0.268. The number of hydrogen-bond acceptors (Lipinski definition) is 7. The minimum Gasteiger partial charge on any atom is -0.337 e. The summed E-state index contributed by atoms with van der Waals surface area (Å²) in [6.07, 6.45) is 6.53. The second-order valence-corrected chi connectivity index (χ2v) is 7.64. The van der Waals surface area contributed by atoms with E-state index in [1.807, 2.05) is 44.2 Å². The molecule has 156 valence electrons. The van der Waals surface area contributed by atoms with Crippen LogP contribution in [0.2, 0.25) is 0 Å². The van der Waals surface area contributed by atoms with Gasteiger partial charge in [0.15, 0.2) is 0 Å². The number of benzene rings is 1. The number of nitrogens with zero attached hydrogens (tertiary/aromatic N) is 7. The van der Waals surface area contributed by atoms with E-state index < -0.39 is 0 Å². The first-order chi connectivity index (χ1) is 15.1. The molecule has 0 unspecified atom stereocenters. The van der Waals surface area contributed by atoms with Crippen LogP contribution in [0, 0.1) is 13.8 Å². The molecule has 0 radical (unpaired) electrons. The van der Waals surface area contributed by atoms with Gasteiger partial charge in [0.2, 0.25) is 11.7 Å². The van der Waals surface area contributed by atoms with Gasteiger partial charge in [-0.15, -0.1) is 0 Å². The van der Waals surface area contributed by atoms with Gasteiger partial charge in [0.25, 0.3) is 5.91 Å². The monoisotopic (exact) mass is 415 g/mol. The van der Waals surface area contributed by atoms with E-state index in [4.69, 9.17) is 4.52 Å². The number of carbonyl (C=O) groups is 1. The van der Waals surface area contributed by atoms with Crippen molar-refractivity contribution in [2.75, 3.05) is 6.54 Å². The molecule has 0 N–H and O–H groups in total. The van der Waals surface area contributed by atoms with Gasteiger partial charge in [0, 0.05) is 24.0 Å².